The van der Waals surface area contributed by atoms with Crippen LogP contribution in [0.3, 0.4) is 0 Å². The zero-order chi connectivity index (χ0) is 14.7. The van der Waals surface area contributed by atoms with Crippen molar-refractivity contribution in [2.45, 2.75) is 13.8 Å². The van der Waals surface area contributed by atoms with E-state index in [0.717, 1.165) is 21.8 Å². The Hall–Kier alpha value is -2.01. The molecule has 0 unspecified atom stereocenters. The van der Waals surface area contributed by atoms with E-state index in [2.05, 4.69) is 0 Å². The second-order valence-corrected chi connectivity index (χ2v) is 5.37. The molecule has 0 saturated carbocycles. The topological polar surface area (TPSA) is 61.5 Å². The molecule has 0 spiro atoms. The number of esters is 1. The van der Waals surface area contributed by atoms with Gasteiger partial charge in [0, 0.05) is 10.4 Å². The van der Waals surface area contributed by atoms with E-state index < -0.39 is 0 Å². The fourth-order valence-corrected chi connectivity index (χ4v) is 2.90. The molecule has 1 aromatic heterocycles. The summed E-state index contributed by atoms with van der Waals surface area (Å²) in [5.41, 5.74) is 8.39. The van der Waals surface area contributed by atoms with Crippen molar-refractivity contribution in [2.75, 3.05) is 19.5 Å². The van der Waals surface area contributed by atoms with Gasteiger partial charge in [0.2, 0.25) is 0 Å². The van der Waals surface area contributed by atoms with Crippen molar-refractivity contribution in [3.63, 3.8) is 0 Å². The SMILES string of the molecule is CCOC(=O)c1sc(-c2cc(C)ccc2OC)cc1N. The van der Waals surface area contributed by atoms with Gasteiger partial charge in [-0.25, -0.2) is 4.79 Å². The summed E-state index contributed by atoms with van der Waals surface area (Å²) in [6.07, 6.45) is 0. The van der Waals surface area contributed by atoms with Crippen molar-refractivity contribution in [1.29, 1.82) is 0 Å². The highest BCUT2D eigenvalue weighted by Crippen LogP contribution is 2.38. The van der Waals surface area contributed by atoms with Gasteiger partial charge in [-0.05, 0) is 32.0 Å². The molecule has 0 amide bonds. The molecule has 5 heteroatoms. The Balaban J connectivity index is 2.47. The third-order valence-corrected chi connectivity index (χ3v) is 4.01. The van der Waals surface area contributed by atoms with E-state index in [1.807, 2.05) is 25.1 Å². The first kappa shape index (κ1) is 14.4. The van der Waals surface area contributed by atoms with Crippen LogP contribution in [0.2, 0.25) is 0 Å². The minimum absolute atomic E-state index is 0.333. The molecule has 0 fully saturated rings. The summed E-state index contributed by atoms with van der Waals surface area (Å²) in [5.74, 6) is 0.375. The number of methoxy groups -OCH3 is 1. The predicted molar refractivity (Wildman–Crippen MR) is 81.4 cm³/mol. The quantitative estimate of drug-likeness (QED) is 0.876. The molecular weight excluding hydrogens is 274 g/mol. The van der Waals surface area contributed by atoms with Crippen LogP contribution in [-0.2, 0) is 4.74 Å². The minimum Gasteiger partial charge on any atom is -0.496 e. The van der Waals surface area contributed by atoms with E-state index in [-0.39, 0.29) is 5.97 Å². The lowest BCUT2D eigenvalue weighted by Gasteiger charge is -2.07. The molecule has 0 saturated heterocycles. The van der Waals surface area contributed by atoms with Gasteiger partial charge in [0.1, 0.15) is 10.6 Å². The molecule has 106 valence electrons. The minimum atomic E-state index is -0.382. The lowest BCUT2D eigenvalue weighted by molar-refractivity contribution is 0.0533. The number of carbonyl (C=O) groups excluding carboxylic acids is 1. The van der Waals surface area contributed by atoms with Gasteiger partial charge in [0.15, 0.2) is 0 Å². The summed E-state index contributed by atoms with van der Waals surface area (Å²) >= 11 is 1.32. The summed E-state index contributed by atoms with van der Waals surface area (Å²) in [6, 6.07) is 7.68. The maximum Gasteiger partial charge on any atom is 0.350 e. The Morgan fingerprint density at radius 3 is 2.75 bits per heavy atom. The van der Waals surface area contributed by atoms with E-state index in [1.165, 1.54) is 11.3 Å². The van der Waals surface area contributed by atoms with Crippen molar-refractivity contribution in [3.05, 3.63) is 34.7 Å². The first-order valence-corrected chi connectivity index (χ1v) is 7.10. The van der Waals surface area contributed by atoms with Crippen molar-refractivity contribution in [3.8, 4) is 16.2 Å². The lowest BCUT2D eigenvalue weighted by atomic mass is 10.1. The number of nitrogens with two attached hydrogens (primary N) is 1. The van der Waals surface area contributed by atoms with Crippen LogP contribution >= 0.6 is 11.3 Å². The van der Waals surface area contributed by atoms with E-state index in [9.17, 15) is 4.79 Å². The number of aryl methyl sites for hydroxylation is 1. The van der Waals surface area contributed by atoms with Crippen LogP contribution in [0.4, 0.5) is 5.69 Å². The fraction of sp³-hybridized carbons (Fsp3) is 0.267. The molecule has 0 aliphatic carbocycles. The number of hydrogen-bond acceptors (Lipinski definition) is 5. The number of carbonyl (C=O) groups is 1. The Kier molecular flexibility index (Phi) is 4.29. The maximum absolute atomic E-state index is 11.8. The van der Waals surface area contributed by atoms with Crippen LogP contribution in [0, 0.1) is 6.92 Å². The second kappa shape index (κ2) is 5.96. The monoisotopic (exact) mass is 291 g/mol. The number of ether oxygens (including phenoxy) is 2. The average Bonchev–Trinajstić information content (AvgIpc) is 2.81. The standard InChI is InChI=1S/C15H17NO3S/c1-4-19-15(17)14-11(16)8-13(20-14)10-7-9(2)5-6-12(10)18-3/h5-8H,4,16H2,1-3H3. The van der Waals surface area contributed by atoms with Gasteiger partial charge in [-0.1, -0.05) is 11.6 Å². The first-order chi connectivity index (χ1) is 9.56. The number of hydrogen-bond donors (Lipinski definition) is 1. The van der Waals surface area contributed by atoms with Crippen molar-refractivity contribution >= 4 is 23.0 Å². The molecule has 4 nitrogen and oxygen atoms in total. The third-order valence-electron chi connectivity index (χ3n) is 2.84. The highest BCUT2D eigenvalue weighted by molar-refractivity contribution is 7.18. The molecule has 0 atom stereocenters. The summed E-state index contributed by atoms with van der Waals surface area (Å²) in [6.45, 7) is 4.11. The van der Waals surface area contributed by atoms with E-state index >= 15 is 0 Å². The molecule has 2 aromatic rings. The summed E-state index contributed by atoms with van der Waals surface area (Å²) < 4.78 is 10.4. The molecule has 20 heavy (non-hydrogen) atoms. The number of rotatable bonds is 4. The van der Waals surface area contributed by atoms with Gasteiger partial charge in [-0.2, -0.15) is 0 Å². The smallest absolute Gasteiger partial charge is 0.350 e. The number of benzene rings is 1. The molecule has 0 radical (unpaired) electrons. The van der Waals surface area contributed by atoms with Crippen LogP contribution in [0.1, 0.15) is 22.2 Å². The van der Waals surface area contributed by atoms with Crippen molar-refractivity contribution in [1.82, 2.24) is 0 Å². The molecule has 0 bridgehead atoms. The zero-order valence-electron chi connectivity index (χ0n) is 11.7. The van der Waals surface area contributed by atoms with Gasteiger partial charge in [-0.15, -0.1) is 11.3 Å². The van der Waals surface area contributed by atoms with Gasteiger partial charge in [0.05, 0.1) is 19.4 Å². The van der Waals surface area contributed by atoms with Crippen LogP contribution in [0.25, 0.3) is 10.4 Å². The predicted octanol–water partition coefficient (Wildman–Crippen LogP) is 3.49. The van der Waals surface area contributed by atoms with Crippen LogP contribution in [0.15, 0.2) is 24.3 Å². The molecular formula is C15H17NO3S. The van der Waals surface area contributed by atoms with E-state index in [0.29, 0.717) is 17.2 Å². The van der Waals surface area contributed by atoms with E-state index in [4.69, 9.17) is 15.2 Å². The fourth-order valence-electron chi connectivity index (χ4n) is 1.91. The largest absolute Gasteiger partial charge is 0.496 e. The van der Waals surface area contributed by atoms with Gasteiger partial charge >= 0.3 is 5.97 Å². The molecule has 2 N–H and O–H groups in total. The highest BCUT2D eigenvalue weighted by atomic mass is 32.1. The molecule has 1 heterocycles. The number of anilines is 1. The van der Waals surface area contributed by atoms with Crippen molar-refractivity contribution in [2.24, 2.45) is 0 Å². The summed E-state index contributed by atoms with van der Waals surface area (Å²) in [4.78, 5) is 13.1. The van der Waals surface area contributed by atoms with Gasteiger partial charge in [-0.3, -0.25) is 0 Å². The molecule has 0 aliphatic heterocycles. The maximum atomic E-state index is 11.8. The Labute approximate surface area is 122 Å². The average molecular weight is 291 g/mol. The second-order valence-electron chi connectivity index (χ2n) is 4.32. The zero-order valence-corrected chi connectivity index (χ0v) is 12.5. The van der Waals surface area contributed by atoms with E-state index in [1.54, 1.807) is 20.1 Å². The number of nitrogen functional groups attached to an aromatic ring is 1. The van der Waals surface area contributed by atoms with Crippen LogP contribution in [-0.4, -0.2) is 19.7 Å². The van der Waals surface area contributed by atoms with Crippen molar-refractivity contribution < 1.29 is 14.3 Å². The Morgan fingerprint density at radius 2 is 2.10 bits per heavy atom. The molecule has 1 aromatic carbocycles. The normalized spacial score (nSPS) is 10.3. The molecule has 0 aliphatic rings. The first-order valence-electron chi connectivity index (χ1n) is 6.28. The number of thiophene rings is 1. The van der Waals surface area contributed by atoms with Crippen LogP contribution in [0.5, 0.6) is 5.75 Å². The molecule has 2 rings (SSSR count). The summed E-state index contributed by atoms with van der Waals surface area (Å²) in [5, 5.41) is 0. The Bertz CT molecular complexity index is 634. The lowest BCUT2D eigenvalue weighted by Crippen LogP contribution is -2.04. The van der Waals surface area contributed by atoms with Gasteiger partial charge in [0.25, 0.3) is 0 Å². The Morgan fingerprint density at radius 1 is 1.35 bits per heavy atom. The van der Waals surface area contributed by atoms with Gasteiger partial charge < -0.3 is 15.2 Å². The third kappa shape index (κ3) is 2.77. The van der Waals surface area contributed by atoms with Crippen LogP contribution < -0.4 is 10.5 Å². The summed E-state index contributed by atoms with van der Waals surface area (Å²) in [7, 11) is 1.62. The highest BCUT2D eigenvalue weighted by Gasteiger charge is 2.18.